The Kier molecular flexibility index (Phi) is 4.59. The monoisotopic (exact) mass is 444 g/mol. The van der Waals surface area contributed by atoms with Crippen molar-refractivity contribution in [3.8, 4) is 28.4 Å². The fraction of sp³-hybridized carbons (Fsp3) is 0.423. The fourth-order valence-electron chi connectivity index (χ4n) is 5.92. The maximum Gasteiger partial charge on any atom is 0.223 e. The van der Waals surface area contributed by atoms with Crippen LogP contribution in [0.3, 0.4) is 0 Å². The topological polar surface area (TPSA) is 103 Å². The molecule has 2 aromatic heterocycles. The Morgan fingerprint density at radius 3 is 2.52 bits per heavy atom. The predicted octanol–water partition coefficient (Wildman–Crippen LogP) is 4.39. The third-order valence-electron chi connectivity index (χ3n) is 8.05. The summed E-state index contributed by atoms with van der Waals surface area (Å²) in [7, 11) is 0. The van der Waals surface area contributed by atoms with Gasteiger partial charge in [0, 0.05) is 27.7 Å². The van der Waals surface area contributed by atoms with Gasteiger partial charge in [-0.25, -0.2) is 4.98 Å². The number of aryl methyl sites for hydroxylation is 1. The summed E-state index contributed by atoms with van der Waals surface area (Å²) in [4.78, 5) is 25.9. The summed E-state index contributed by atoms with van der Waals surface area (Å²) < 4.78 is 11.3. The molecule has 3 aromatic rings. The molecule has 170 valence electrons. The minimum Gasteiger partial charge on any atom is -0.467 e. The highest BCUT2D eigenvalue weighted by molar-refractivity contribution is 5.82. The van der Waals surface area contributed by atoms with Gasteiger partial charge in [0.05, 0.1) is 23.7 Å². The van der Waals surface area contributed by atoms with Gasteiger partial charge in [0.2, 0.25) is 5.91 Å². The van der Waals surface area contributed by atoms with Crippen LogP contribution in [0.1, 0.15) is 55.6 Å². The van der Waals surface area contributed by atoms with E-state index in [9.17, 15) is 4.79 Å². The van der Waals surface area contributed by atoms with Gasteiger partial charge >= 0.3 is 0 Å². The van der Waals surface area contributed by atoms with Crippen molar-refractivity contribution in [2.24, 2.45) is 11.1 Å². The SMILES string of the molecule is Cc1cccc(-c2[nH]c(C34CCC(C(N)=O)(CC3)CC4)nc2-c2cccc3c2COCO3)n1. The number of imidazole rings is 1. The van der Waals surface area contributed by atoms with Crippen molar-refractivity contribution in [2.75, 3.05) is 6.79 Å². The molecule has 0 atom stereocenters. The summed E-state index contributed by atoms with van der Waals surface area (Å²) in [6, 6.07) is 12.1. The third kappa shape index (κ3) is 3.17. The van der Waals surface area contributed by atoms with Crippen LogP contribution < -0.4 is 10.5 Å². The van der Waals surface area contributed by atoms with Gasteiger partial charge in [0.1, 0.15) is 11.6 Å². The van der Waals surface area contributed by atoms with Crippen LogP contribution in [0, 0.1) is 12.3 Å². The minimum absolute atomic E-state index is 0.0597. The molecule has 1 aromatic carbocycles. The van der Waals surface area contributed by atoms with E-state index in [0.717, 1.165) is 84.0 Å². The molecule has 1 aliphatic heterocycles. The standard InChI is InChI=1S/C26H28N4O3/c1-16-4-2-6-19(28-16)22-21(17-5-3-7-20-18(17)14-32-15-33-20)29-24(30-22)26-11-8-25(9-12-26,10-13-26)23(27)31/h2-7H,8-15H2,1H3,(H2,27,31)(H,29,30). The first-order chi connectivity index (χ1) is 16.0. The van der Waals surface area contributed by atoms with E-state index in [1.165, 1.54) is 0 Å². The average Bonchev–Trinajstić information content (AvgIpc) is 3.31. The Morgan fingerprint density at radius 2 is 1.79 bits per heavy atom. The van der Waals surface area contributed by atoms with Crippen molar-refractivity contribution in [1.29, 1.82) is 0 Å². The molecule has 3 N–H and O–H groups in total. The van der Waals surface area contributed by atoms with Crippen LogP contribution in [0.2, 0.25) is 0 Å². The van der Waals surface area contributed by atoms with E-state index < -0.39 is 0 Å². The second kappa shape index (κ2) is 7.42. The molecule has 33 heavy (non-hydrogen) atoms. The number of ether oxygens (including phenoxy) is 2. The van der Waals surface area contributed by atoms with Gasteiger partial charge in [-0.2, -0.15) is 0 Å². The summed E-state index contributed by atoms with van der Waals surface area (Å²) in [5.74, 6) is 1.69. The van der Waals surface area contributed by atoms with Crippen molar-refractivity contribution in [1.82, 2.24) is 15.0 Å². The first-order valence-corrected chi connectivity index (χ1v) is 11.7. The number of carbonyl (C=O) groups excluding carboxylic acids is 1. The molecule has 1 amide bonds. The van der Waals surface area contributed by atoms with E-state index in [1.807, 2.05) is 37.3 Å². The molecule has 0 spiro atoms. The number of nitrogens with zero attached hydrogens (tertiary/aromatic N) is 2. The number of H-pyrrole nitrogens is 1. The lowest BCUT2D eigenvalue weighted by molar-refractivity contribution is -0.134. The van der Waals surface area contributed by atoms with Crippen LogP contribution in [-0.4, -0.2) is 27.7 Å². The fourth-order valence-corrected chi connectivity index (χ4v) is 5.92. The number of hydrogen-bond donors (Lipinski definition) is 2. The zero-order valence-corrected chi connectivity index (χ0v) is 18.8. The van der Waals surface area contributed by atoms with Crippen LogP contribution >= 0.6 is 0 Å². The van der Waals surface area contributed by atoms with Gasteiger partial charge < -0.3 is 20.2 Å². The van der Waals surface area contributed by atoms with Gasteiger partial charge in [-0.3, -0.25) is 9.78 Å². The van der Waals surface area contributed by atoms with Crippen LogP contribution in [0.4, 0.5) is 0 Å². The summed E-state index contributed by atoms with van der Waals surface area (Å²) in [6.07, 6.45) is 5.25. The van der Waals surface area contributed by atoms with Crippen molar-refractivity contribution < 1.29 is 14.3 Å². The number of benzene rings is 1. The quantitative estimate of drug-likeness (QED) is 0.621. The highest BCUT2D eigenvalue weighted by Gasteiger charge is 2.53. The molecular weight excluding hydrogens is 416 g/mol. The zero-order chi connectivity index (χ0) is 22.6. The van der Waals surface area contributed by atoms with E-state index >= 15 is 0 Å². The number of nitrogens with two attached hydrogens (primary N) is 1. The van der Waals surface area contributed by atoms with E-state index in [-0.39, 0.29) is 23.5 Å². The molecule has 4 aliphatic rings. The Labute approximate surface area is 192 Å². The number of nitrogens with one attached hydrogen (secondary N) is 1. The van der Waals surface area contributed by atoms with Crippen molar-refractivity contribution in [3.05, 3.63) is 53.5 Å². The number of carbonyl (C=O) groups is 1. The van der Waals surface area contributed by atoms with Gasteiger partial charge in [0.15, 0.2) is 6.79 Å². The number of rotatable bonds is 4. The zero-order valence-electron chi connectivity index (χ0n) is 18.8. The van der Waals surface area contributed by atoms with Crippen LogP contribution in [0.25, 0.3) is 22.6 Å². The van der Waals surface area contributed by atoms with Crippen LogP contribution in [-0.2, 0) is 21.6 Å². The summed E-state index contributed by atoms with van der Waals surface area (Å²) in [5.41, 5.74) is 11.0. The molecule has 3 aliphatic carbocycles. The molecule has 3 heterocycles. The molecule has 2 bridgehead atoms. The summed E-state index contributed by atoms with van der Waals surface area (Å²) in [6.45, 7) is 2.75. The average molecular weight is 445 g/mol. The smallest absolute Gasteiger partial charge is 0.223 e. The molecule has 3 saturated carbocycles. The first kappa shape index (κ1) is 20.4. The molecule has 7 heteroatoms. The summed E-state index contributed by atoms with van der Waals surface area (Å²) in [5, 5.41) is 0. The van der Waals surface area contributed by atoms with Crippen LogP contribution in [0.5, 0.6) is 5.75 Å². The van der Waals surface area contributed by atoms with Crippen molar-refractivity contribution in [3.63, 3.8) is 0 Å². The Hall–Kier alpha value is -3.19. The molecule has 0 saturated heterocycles. The second-order valence-corrected chi connectivity index (χ2v) is 9.79. The highest BCUT2D eigenvalue weighted by atomic mass is 16.7. The van der Waals surface area contributed by atoms with Gasteiger partial charge in [0.25, 0.3) is 0 Å². The lowest BCUT2D eigenvalue weighted by Crippen LogP contribution is -2.50. The third-order valence-corrected chi connectivity index (χ3v) is 8.05. The molecular formula is C26H28N4O3. The Bertz CT molecular complexity index is 1220. The Balaban J connectivity index is 1.49. The number of aromatic nitrogens is 3. The number of hydrogen-bond acceptors (Lipinski definition) is 5. The normalized spacial score (nSPS) is 26.0. The molecule has 0 unspecified atom stereocenters. The highest BCUT2D eigenvalue weighted by Crippen LogP contribution is 2.57. The number of primary amides is 1. The number of pyridine rings is 1. The van der Waals surface area contributed by atoms with Crippen molar-refractivity contribution in [2.45, 2.75) is 57.5 Å². The number of fused-ring (bicyclic) bond motifs is 4. The molecule has 3 fully saturated rings. The summed E-state index contributed by atoms with van der Waals surface area (Å²) >= 11 is 0. The van der Waals surface area contributed by atoms with Crippen LogP contribution in [0.15, 0.2) is 36.4 Å². The van der Waals surface area contributed by atoms with Gasteiger partial charge in [-0.1, -0.05) is 18.2 Å². The molecule has 0 radical (unpaired) electrons. The maximum absolute atomic E-state index is 12.1. The van der Waals surface area contributed by atoms with E-state index in [0.29, 0.717) is 6.61 Å². The maximum atomic E-state index is 12.1. The molecule has 7 nitrogen and oxygen atoms in total. The second-order valence-electron chi connectivity index (χ2n) is 9.79. The Morgan fingerprint density at radius 1 is 1.03 bits per heavy atom. The predicted molar refractivity (Wildman–Crippen MR) is 123 cm³/mol. The lowest BCUT2D eigenvalue weighted by Gasteiger charge is -2.51. The van der Waals surface area contributed by atoms with E-state index in [1.54, 1.807) is 0 Å². The lowest BCUT2D eigenvalue weighted by atomic mass is 9.53. The molecule has 7 rings (SSSR count). The van der Waals surface area contributed by atoms with Gasteiger partial charge in [-0.05, 0) is 63.6 Å². The number of aromatic amines is 1. The number of amides is 1. The van der Waals surface area contributed by atoms with Gasteiger partial charge in [-0.15, -0.1) is 0 Å². The van der Waals surface area contributed by atoms with E-state index in [2.05, 4.69) is 11.1 Å². The first-order valence-electron chi connectivity index (χ1n) is 11.7. The largest absolute Gasteiger partial charge is 0.467 e. The van der Waals surface area contributed by atoms with Crippen molar-refractivity contribution >= 4 is 5.91 Å². The minimum atomic E-state index is -0.328. The van der Waals surface area contributed by atoms with E-state index in [4.69, 9.17) is 25.2 Å².